The zero-order valence-corrected chi connectivity index (χ0v) is 12.3. The van der Waals surface area contributed by atoms with Crippen molar-refractivity contribution in [1.29, 1.82) is 0 Å². The summed E-state index contributed by atoms with van der Waals surface area (Å²) in [5.41, 5.74) is 5.10. The van der Waals surface area contributed by atoms with Crippen LogP contribution in [0.2, 0.25) is 0 Å². The zero-order chi connectivity index (χ0) is 13.9. The van der Waals surface area contributed by atoms with E-state index in [-0.39, 0.29) is 5.82 Å². The first-order valence-electron chi connectivity index (χ1n) is 5.78. The molecule has 1 rings (SSSR count). The van der Waals surface area contributed by atoms with Gasteiger partial charge in [0.25, 0.3) is 0 Å². The van der Waals surface area contributed by atoms with Crippen LogP contribution >= 0.6 is 15.9 Å². The minimum atomic E-state index is -1.02. The summed E-state index contributed by atoms with van der Waals surface area (Å²) in [6.45, 7) is 6.42. The van der Waals surface area contributed by atoms with Crippen molar-refractivity contribution < 1.29 is 9.18 Å². The number of halogens is 2. The van der Waals surface area contributed by atoms with Crippen LogP contribution in [0.5, 0.6) is 0 Å². The topological polar surface area (TPSA) is 55.1 Å². The van der Waals surface area contributed by atoms with Crippen LogP contribution in [-0.4, -0.2) is 12.5 Å². The minimum Gasteiger partial charge on any atom is -0.368 e. The average Bonchev–Trinajstić information content (AvgIpc) is 2.25. The summed E-state index contributed by atoms with van der Waals surface area (Å²) < 4.78 is 13.6. The van der Waals surface area contributed by atoms with Gasteiger partial charge in [0, 0.05) is 4.47 Å². The molecule has 100 valence electrons. The maximum Gasteiger partial charge on any atom is 0.242 e. The van der Waals surface area contributed by atoms with Gasteiger partial charge in [-0.25, -0.2) is 4.39 Å². The number of amides is 1. The lowest BCUT2D eigenvalue weighted by molar-refractivity contribution is -0.124. The van der Waals surface area contributed by atoms with E-state index < -0.39 is 11.4 Å². The van der Waals surface area contributed by atoms with Crippen LogP contribution in [-0.2, 0) is 10.3 Å². The average molecular weight is 317 g/mol. The van der Waals surface area contributed by atoms with E-state index in [1.165, 1.54) is 12.1 Å². The molecule has 1 amide bonds. The Morgan fingerprint density at radius 1 is 1.56 bits per heavy atom. The first-order valence-corrected chi connectivity index (χ1v) is 6.57. The molecule has 0 aliphatic heterocycles. The molecule has 0 heterocycles. The minimum absolute atomic E-state index is 0.360. The quantitative estimate of drug-likeness (QED) is 0.877. The summed E-state index contributed by atoms with van der Waals surface area (Å²) in [4.78, 5) is 11.7. The number of carbonyl (C=O) groups is 1. The smallest absolute Gasteiger partial charge is 0.242 e. The Morgan fingerprint density at radius 3 is 2.61 bits per heavy atom. The van der Waals surface area contributed by atoms with Gasteiger partial charge in [-0.1, -0.05) is 35.8 Å². The third-order valence-corrected chi connectivity index (χ3v) is 3.48. The zero-order valence-electron chi connectivity index (χ0n) is 10.8. The number of carbonyl (C=O) groups excluding carboxylic acids is 1. The van der Waals surface area contributed by atoms with Crippen molar-refractivity contribution in [3.63, 3.8) is 0 Å². The Balaban J connectivity index is 3.14. The van der Waals surface area contributed by atoms with Crippen LogP contribution < -0.4 is 11.1 Å². The van der Waals surface area contributed by atoms with Gasteiger partial charge < -0.3 is 5.73 Å². The molecule has 0 radical (unpaired) electrons. The van der Waals surface area contributed by atoms with Gasteiger partial charge in [0.1, 0.15) is 11.4 Å². The molecule has 0 aliphatic carbocycles. The molecule has 18 heavy (non-hydrogen) atoms. The number of primary amides is 1. The van der Waals surface area contributed by atoms with E-state index in [1.54, 1.807) is 13.0 Å². The van der Waals surface area contributed by atoms with Crippen LogP contribution in [0.3, 0.4) is 0 Å². The van der Waals surface area contributed by atoms with Gasteiger partial charge in [0.15, 0.2) is 0 Å². The van der Waals surface area contributed by atoms with Crippen molar-refractivity contribution in [1.82, 2.24) is 5.32 Å². The van der Waals surface area contributed by atoms with E-state index in [0.717, 1.165) is 0 Å². The van der Waals surface area contributed by atoms with Gasteiger partial charge in [0.05, 0.1) is 0 Å². The van der Waals surface area contributed by atoms with Crippen molar-refractivity contribution in [3.05, 3.63) is 34.1 Å². The Kier molecular flexibility index (Phi) is 4.87. The lowest BCUT2D eigenvalue weighted by Crippen LogP contribution is -2.51. The monoisotopic (exact) mass is 316 g/mol. The van der Waals surface area contributed by atoms with E-state index in [2.05, 4.69) is 21.2 Å². The SMILES string of the molecule is CC(C)CNC(C)(C(N)=O)c1ccc(F)cc1Br. The molecular weight excluding hydrogens is 299 g/mol. The van der Waals surface area contributed by atoms with Gasteiger partial charge in [-0.15, -0.1) is 0 Å². The third-order valence-electron chi connectivity index (χ3n) is 2.83. The summed E-state index contributed by atoms with van der Waals surface area (Å²) in [7, 11) is 0. The summed E-state index contributed by atoms with van der Waals surface area (Å²) in [5, 5.41) is 3.14. The molecular formula is C13H18BrFN2O. The fourth-order valence-corrected chi connectivity index (χ4v) is 2.37. The second-order valence-corrected chi connectivity index (χ2v) is 5.74. The standard InChI is InChI=1S/C13H18BrFN2O/c1-8(2)7-17-13(3,12(16)18)10-5-4-9(15)6-11(10)14/h4-6,8,17H,7H2,1-3H3,(H2,16,18). The van der Waals surface area contributed by atoms with Crippen LogP contribution in [0.4, 0.5) is 4.39 Å². The number of hydrogen-bond donors (Lipinski definition) is 2. The molecule has 0 spiro atoms. The van der Waals surface area contributed by atoms with Gasteiger partial charge >= 0.3 is 0 Å². The summed E-state index contributed by atoms with van der Waals surface area (Å²) in [6, 6.07) is 4.21. The molecule has 1 aromatic carbocycles. The number of rotatable bonds is 5. The molecule has 0 saturated heterocycles. The highest BCUT2D eigenvalue weighted by atomic mass is 79.9. The molecule has 1 aromatic rings. The largest absolute Gasteiger partial charge is 0.368 e. The Hall–Kier alpha value is -0.940. The molecule has 0 aromatic heterocycles. The molecule has 3 N–H and O–H groups in total. The first kappa shape index (κ1) is 15.1. The van der Waals surface area contributed by atoms with Gasteiger partial charge in [-0.2, -0.15) is 0 Å². The van der Waals surface area contributed by atoms with Crippen LogP contribution in [0.1, 0.15) is 26.3 Å². The molecule has 0 aliphatic rings. The van der Waals surface area contributed by atoms with Gasteiger partial charge in [0.2, 0.25) is 5.91 Å². The highest BCUT2D eigenvalue weighted by molar-refractivity contribution is 9.10. The van der Waals surface area contributed by atoms with Crippen LogP contribution in [0.25, 0.3) is 0 Å². The van der Waals surface area contributed by atoms with Crippen molar-refractivity contribution in [2.24, 2.45) is 11.7 Å². The first-order chi connectivity index (χ1) is 8.27. The predicted octanol–water partition coefficient (Wildman–Crippen LogP) is 2.53. The maximum absolute atomic E-state index is 13.1. The van der Waals surface area contributed by atoms with Crippen LogP contribution in [0, 0.1) is 11.7 Å². The third kappa shape index (κ3) is 3.29. The van der Waals surface area contributed by atoms with E-state index >= 15 is 0 Å². The number of hydrogen-bond acceptors (Lipinski definition) is 2. The summed E-state index contributed by atoms with van der Waals surface area (Å²) in [5.74, 6) is -0.473. The summed E-state index contributed by atoms with van der Waals surface area (Å²) in [6.07, 6.45) is 0. The van der Waals surface area contributed by atoms with Gasteiger partial charge in [-0.05, 0) is 37.1 Å². The second kappa shape index (κ2) is 5.80. The van der Waals surface area contributed by atoms with E-state index in [0.29, 0.717) is 22.5 Å². The molecule has 1 atom stereocenters. The molecule has 0 saturated carbocycles. The summed E-state index contributed by atoms with van der Waals surface area (Å²) >= 11 is 3.27. The fourth-order valence-electron chi connectivity index (χ4n) is 1.62. The number of nitrogens with one attached hydrogen (secondary N) is 1. The highest BCUT2D eigenvalue weighted by Gasteiger charge is 2.34. The maximum atomic E-state index is 13.1. The van der Waals surface area contributed by atoms with E-state index in [1.807, 2.05) is 13.8 Å². The van der Waals surface area contributed by atoms with E-state index in [4.69, 9.17) is 5.73 Å². The number of nitrogens with two attached hydrogens (primary N) is 1. The molecule has 3 nitrogen and oxygen atoms in total. The van der Waals surface area contributed by atoms with Crippen LogP contribution in [0.15, 0.2) is 22.7 Å². The molecule has 0 bridgehead atoms. The van der Waals surface area contributed by atoms with Gasteiger partial charge in [-0.3, -0.25) is 10.1 Å². The number of benzene rings is 1. The van der Waals surface area contributed by atoms with Crippen molar-refractivity contribution in [3.8, 4) is 0 Å². The Labute approximate surface area is 115 Å². The Bertz CT molecular complexity index is 451. The Morgan fingerprint density at radius 2 is 2.17 bits per heavy atom. The van der Waals surface area contributed by atoms with Crippen molar-refractivity contribution in [2.75, 3.05) is 6.54 Å². The molecule has 0 fully saturated rings. The fraction of sp³-hybridized carbons (Fsp3) is 0.462. The van der Waals surface area contributed by atoms with E-state index in [9.17, 15) is 9.18 Å². The van der Waals surface area contributed by atoms with Crippen molar-refractivity contribution >= 4 is 21.8 Å². The predicted molar refractivity (Wildman–Crippen MR) is 73.5 cm³/mol. The van der Waals surface area contributed by atoms with Crippen molar-refractivity contribution in [2.45, 2.75) is 26.3 Å². The lowest BCUT2D eigenvalue weighted by Gasteiger charge is -2.30. The molecule has 1 unspecified atom stereocenters. The highest BCUT2D eigenvalue weighted by Crippen LogP contribution is 2.29. The molecule has 5 heteroatoms. The lowest BCUT2D eigenvalue weighted by atomic mass is 9.90. The normalized spacial score (nSPS) is 14.6. The second-order valence-electron chi connectivity index (χ2n) is 4.89.